The average Bonchev–Trinajstić information content (AvgIpc) is 2.47. The van der Waals surface area contributed by atoms with E-state index in [2.05, 4.69) is 0 Å². The quantitative estimate of drug-likeness (QED) is 0.462. The summed E-state index contributed by atoms with van der Waals surface area (Å²) >= 11 is 0. The van der Waals surface area contributed by atoms with Gasteiger partial charge in [0, 0.05) is 0 Å². The van der Waals surface area contributed by atoms with Crippen molar-refractivity contribution >= 4 is 19.7 Å². The highest BCUT2D eigenvalue weighted by molar-refractivity contribution is 6.38. The van der Waals surface area contributed by atoms with Gasteiger partial charge in [-0.2, -0.15) is 0 Å². The lowest BCUT2D eigenvalue weighted by atomic mass is 9.77. The van der Waals surface area contributed by atoms with Gasteiger partial charge in [-0.15, -0.1) is 0 Å². The standard InChI is InChI=1S/C9H15BNO3/c1-9(2,3)14-8(13)11-6-10-4-7(11)5-12/h5,7H,4,6H2,1-3H3/t7-/m0/s1. The van der Waals surface area contributed by atoms with Crippen LogP contribution < -0.4 is 0 Å². The molecule has 0 aromatic rings. The molecule has 1 heterocycles. The van der Waals surface area contributed by atoms with E-state index in [-0.39, 0.29) is 6.04 Å². The Morgan fingerprint density at radius 3 is 2.71 bits per heavy atom. The first kappa shape index (κ1) is 11.1. The van der Waals surface area contributed by atoms with Crippen molar-refractivity contribution in [2.24, 2.45) is 0 Å². The first-order chi connectivity index (χ1) is 6.44. The van der Waals surface area contributed by atoms with Crippen LogP contribution >= 0.6 is 0 Å². The van der Waals surface area contributed by atoms with Gasteiger partial charge in [0.05, 0.1) is 6.04 Å². The van der Waals surface area contributed by atoms with Crippen molar-refractivity contribution in [2.45, 2.75) is 38.7 Å². The molecule has 0 aliphatic carbocycles. The van der Waals surface area contributed by atoms with Crippen LogP contribution in [0.2, 0.25) is 6.32 Å². The number of nitrogens with zero attached hydrogens (tertiary/aromatic N) is 1. The normalized spacial score (nSPS) is 21.6. The van der Waals surface area contributed by atoms with Gasteiger partial charge in [0.25, 0.3) is 0 Å². The maximum Gasteiger partial charge on any atom is 0.410 e. The Morgan fingerprint density at radius 2 is 2.21 bits per heavy atom. The molecule has 1 amide bonds. The van der Waals surface area contributed by atoms with Gasteiger partial charge in [0.2, 0.25) is 0 Å². The summed E-state index contributed by atoms with van der Waals surface area (Å²) in [4.78, 5) is 23.6. The van der Waals surface area contributed by atoms with Crippen LogP contribution in [0.3, 0.4) is 0 Å². The van der Waals surface area contributed by atoms with E-state index in [9.17, 15) is 9.59 Å². The second-order valence-electron chi connectivity index (χ2n) is 4.36. The molecular formula is C9H15BNO3. The van der Waals surface area contributed by atoms with Crippen molar-refractivity contribution in [2.75, 3.05) is 6.44 Å². The van der Waals surface area contributed by atoms with Crippen LogP contribution in [0, 0.1) is 0 Å². The van der Waals surface area contributed by atoms with Crippen molar-refractivity contribution < 1.29 is 14.3 Å². The number of rotatable bonds is 1. The lowest BCUT2D eigenvalue weighted by Crippen LogP contribution is -2.40. The van der Waals surface area contributed by atoms with Crippen molar-refractivity contribution in [1.82, 2.24) is 4.90 Å². The number of carbonyl (C=O) groups excluding carboxylic acids is 2. The Balaban J connectivity index is 2.56. The molecule has 0 bridgehead atoms. The Bertz CT molecular complexity index is 237. The van der Waals surface area contributed by atoms with E-state index in [0.29, 0.717) is 12.8 Å². The molecule has 0 N–H and O–H groups in total. The smallest absolute Gasteiger partial charge is 0.410 e. The molecule has 0 unspecified atom stereocenters. The van der Waals surface area contributed by atoms with Crippen LogP contribution in [-0.4, -0.2) is 42.6 Å². The average molecular weight is 196 g/mol. The number of aldehydes is 1. The Labute approximate surface area is 84.8 Å². The fourth-order valence-corrected chi connectivity index (χ4v) is 1.31. The van der Waals surface area contributed by atoms with Gasteiger partial charge >= 0.3 is 6.09 Å². The SMILES string of the molecule is CC(C)(C)OC(=O)N1C[B]C[C@H]1C=O. The van der Waals surface area contributed by atoms with E-state index in [1.54, 1.807) is 20.8 Å². The van der Waals surface area contributed by atoms with Gasteiger partial charge in [0.1, 0.15) is 19.2 Å². The second kappa shape index (κ2) is 4.03. The van der Waals surface area contributed by atoms with E-state index in [1.807, 2.05) is 7.28 Å². The van der Waals surface area contributed by atoms with E-state index >= 15 is 0 Å². The van der Waals surface area contributed by atoms with E-state index < -0.39 is 11.7 Å². The molecule has 0 aromatic heterocycles. The molecule has 1 aliphatic heterocycles. The molecule has 1 saturated heterocycles. The Morgan fingerprint density at radius 1 is 1.57 bits per heavy atom. The number of amides is 1. The number of hydrogen-bond donors (Lipinski definition) is 0. The zero-order chi connectivity index (χ0) is 10.8. The van der Waals surface area contributed by atoms with Gasteiger partial charge in [-0.05, 0) is 27.2 Å². The lowest BCUT2D eigenvalue weighted by molar-refractivity contribution is -0.111. The summed E-state index contributed by atoms with van der Waals surface area (Å²) < 4.78 is 5.16. The Hall–Kier alpha value is -0.995. The minimum atomic E-state index is -0.507. The maximum atomic E-state index is 11.6. The summed E-state index contributed by atoms with van der Waals surface area (Å²) in [6, 6.07) is -0.343. The van der Waals surface area contributed by atoms with E-state index in [0.717, 1.165) is 6.29 Å². The number of ether oxygens (including phenoxy) is 1. The van der Waals surface area contributed by atoms with Gasteiger partial charge in [-0.25, -0.2) is 4.79 Å². The van der Waals surface area contributed by atoms with Crippen LogP contribution in [0.15, 0.2) is 0 Å². The second-order valence-corrected chi connectivity index (χ2v) is 4.36. The fourth-order valence-electron chi connectivity index (χ4n) is 1.31. The minimum absolute atomic E-state index is 0.343. The predicted octanol–water partition coefficient (Wildman–Crippen LogP) is 0.885. The van der Waals surface area contributed by atoms with Crippen LogP contribution in [0.1, 0.15) is 20.8 Å². The third-order valence-electron chi connectivity index (χ3n) is 1.92. The summed E-state index contributed by atoms with van der Waals surface area (Å²) in [7, 11) is 1.91. The van der Waals surface area contributed by atoms with Gasteiger partial charge in [0.15, 0.2) is 0 Å². The summed E-state index contributed by atoms with van der Waals surface area (Å²) in [5, 5.41) is 0. The summed E-state index contributed by atoms with van der Waals surface area (Å²) in [6.07, 6.45) is 1.50. The molecule has 77 valence electrons. The molecule has 5 heteroatoms. The summed E-state index contributed by atoms with van der Waals surface area (Å²) in [5.74, 6) is 0. The molecule has 0 saturated carbocycles. The molecule has 14 heavy (non-hydrogen) atoms. The molecule has 0 aromatic carbocycles. The van der Waals surface area contributed by atoms with Crippen LogP contribution in [0.4, 0.5) is 4.79 Å². The van der Waals surface area contributed by atoms with Crippen molar-refractivity contribution in [3.05, 3.63) is 0 Å². The molecule has 1 aliphatic rings. The monoisotopic (exact) mass is 196 g/mol. The third-order valence-corrected chi connectivity index (χ3v) is 1.92. The molecule has 1 radical (unpaired) electrons. The molecule has 1 atom stereocenters. The molecule has 4 nitrogen and oxygen atoms in total. The number of carbonyl (C=O) groups is 2. The van der Waals surface area contributed by atoms with Gasteiger partial charge in [-0.3, -0.25) is 0 Å². The van der Waals surface area contributed by atoms with Crippen molar-refractivity contribution in [3.63, 3.8) is 0 Å². The highest BCUT2D eigenvalue weighted by Gasteiger charge is 2.31. The zero-order valence-corrected chi connectivity index (χ0v) is 8.82. The minimum Gasteiger partial charge on any atom is -0.444 e. The predicted molar refractivity (Wildman–Crippen MR) is 53.4 cm³/mol. The zero-order valence-electron chi connectivity index (χ0n) is 8.82. The highest BCUT2D eigenvalue weighted by atomic mass is 16.6. The highest BCUT2D eigenvalue weighted by Crippen LogP contribution is 2.16. The van der Waals surface area contributed by atoms with Crippen LogP contribution in [-0.2, 0) is 9.53 Å². The van der Waals surface area contributed by atoms with Crippen LogP contribution in [0.25, 0.3) is 0 Å². The first-order valence-corrected chi connectivity index (χ1v) is 4.70. The van der Waals surface area contributed by atoms with Crippen molar-refractivity contribution in [1.29, 1.82) is 0 Å². The topological polar surface area (TPSA) is 46.6 Å². The van der Waals surface area contributed by atoms with E-state index in [1.165, 1.54) is 4.90 Å². The third kappa shape index (κ3) is 2.75. The van der Waals surface area contributed by atoms with Crippen LogP contribution in [0.5, 0.6) is 0 Å². The van der Waals surface area contributed by atoms with Gasteiger partial charge < -0.3 is 14.4 Å². The number of hydrogen-bond acceptors (Lipinski definition) is 3. The molecular weight excluding hydrogens is 181 g/mol. The largest absolute Gasteiger partial charge is 0.444 e. The van der Waals surface area contributed by atoms with Gasteiger partial charge in [-0.1, -0.05) is 6.32 Å². The van der Waals surface area contributed by atoms with Crippen molar-refractivity contribution in [3.8, 4) is 0 Å². The molecule has 1 rings (SSSR count). The lowest BCUT2D eigenvalue weighted by Gasteiger charge is -2.26. The maximum absolute atomic E-state index is 11.6. The molecule has 1 fully saturated rings. The van der Waals surface area contributed by atoms with E-state index in [4.69, 9.17) is 4.74 Å². The summed E-state index contributed by atoms with van der Waals surface area (Å²) in [5.41, 5.74) is -0.507. The Kier molecular flexibility index (Phi) is 3.19. The fraction of sp³-hybridized carbons (Fsp3) is 0.778. The first-order valence-electron chi connectivity index (χ1n) is 4.70. The molecule has 0 spiro atoms. The summed E-state index contributed by atoms with van der Waals surface area (Å²) in [6.45, 7) is 5.42.